The molecule has 8 rings (SSSR count). The van der Waals surface area contributed by atoms with Gasteiger partial charge < -0.3 is 5.11 Å². The number of hydrogen-bond acceptors (Lipinski definition) is 3. The van der Waals surface area contributed by atoms with Gasteiger partial charge in [0, 0.05) is 43.9 Å². The molecular formula is C56H58N3OPt-. The van der Waals surface area contributed by atoms with E-state index < -0.39 is 23.5 Å². The van der Waals surface area contributed by atoms with Gasteiger partial charge >= 0.3 is 0 Å². The fourth-order valence-electron chi connectivity index (χ4n) is 7.95. The van der Waals surface area contributed by atoms with Crippen molar-refractivity contribution in [2.75, 3.05) is 0 Å². The molecule has 0 aliphatic rings. The number of para-hydroxylation sites is 1. The Kier molecular flexibility index (Phi) is 9.74. The van der Waals surface area contributed by atoms with Crippen LogP contribution in [-0.4, -0.2) is 19.6 Å². The Bertz CT molecular complexity index is 3190. The monoisotopic (exact) mass is 988 g/mol. The Balaban J connectivity index is 0.00000648. The fourth-order valence-corrected chi connectivity index (χ4v) is 7.95. The van der Waals surface area contributed by atoms with Gasteiger partial charge in [0.2, 0.25) is 0 Å². The van der Waals surface area contributed by atoms with Crippen LogP contribution in [0.15, 0.2) is 127 Å². The number of rotatable bonds is 5. The maximum Gasteiger partial charge on any atom is 0.148 e. The van der Waals surface area contributed by atoms with E-state index >= 15 is 0 Å². The van der Waals surface area contributed by atoms with E-state index in [1.165, 1.54) is 5.56 Å². The third-order valence-corrected chi connectivity index (χ3v) is 11.5. The second-order valence-electron chi connectivity index (χ2n) is 20.2. The van der Waals surface area contributed by atoms with Crippen LogP contribution in [0.3, 0.4) is 0 Å². The largest absolute Gasteiger partial charge is 0.507 e. The van der Waals surface area contributed by atoms with E-state index in [0.717, 1.165) is 49.8 Å². The van der Waals surface area contributed by atoms with Crippen LogP contribution >= 0.6 is 0 Å². The van der Waals surface area contributed by atoms with Crippen LogP contribution in [0.4, 0.5) is 0 Å². The van der Waals surface area contributed by atoms with Crippen molar-refractivity contribution in [2.24, 2.45) is 0 Å². The van der Waals surface area contributed by atoms with Crippen LogP contribution in [0, 0.1) is 6.07 Å². The van der Waals surface area contributed by atoms with E-state index in [1.807, 2.05) is 71.4 Å². The number of hydrogen-bond donors (Lipinski definition) is 1. The minimum Gasteiger partial charge on any atom is -0.507 e. The molecule has 1 N–H and O–H groups in total. The number of fused-ring (bicyclic) bond motifs is 2. The summed E-state index contributed by atoms with van der Waals surface area (Å²) in [7, 11) is 0. The molecule has 0 fully saturated rings. The van der Waals surface area contributed by atoms with Crippen LogP contribution in [0.25, 0.3) is 72.4 Å². The topological polar surface area (TPSA) is 50.9 Å². The molecule has 0 bridgehead atoms. The fraction of sp³-hybridized carbons (Fsp3) is 0.286. The number of benzene rings is 6. The molecule has 0 aliphatic heterocycles. The maximum absolute atomic E-state index is 12.5. The number of phenols is 1. The van der Waals surface area contributed by atoms with Crippen LogP contribution < -0.4 is 0 Å². The van der Waals surface area contributed by atoms with E-state index in [1.54, 1.807) is 0 Å². The first-order valence-electron chi connectivity index (χ1n) is 23.3. The normalized spacial score (nSPS) is 13.7. The van der Waals surface area contributed by atoms with Gasteiger partial charge in [-0.05, 0) is 79.6 Å². The molecule has 0 saturated carbocycles. The van der Waals surface area contributed by atoms with Crippen molar-refractivity contribution in [3.63, 3.8) is 0 Å². The predicted octanol–water partition coefficient (Wildman–Crippen LogP) is 14.9. The zero-order valence-electron chi connectivity index (χ0n) is 42.3. The maximum atomic E-state index is 12.5. The summed E-state index contributed by atoms with van der Waals surface area (Å²) in [5.41, 5.74) is 10.1. The molecule has 5 heteroatoms. The number of aromatic hydroxyl groups is 1. The Labute approximate surface area is 384 Å². The van der Waals surface area contributed by atoms with Crippen molar-refractivity contribution < 1.29 is 33.0 Å². The number of imidazole rings is 1. The Morgan fingerprint density at radius 3 is 1.84 bits per heavy atom. The van der Waals surface area contributed by atoms with Gasteiger partial charge in [-0.2, -0.15) is 0 Å². The van der Waals surface area contributed by atoms with Crippen LogP contribution in [0.2, 0.25) is 0 Å². The summed E-state index contributed by atoms with van der Waals surface area (Å²) in [6.45, 7) is 25.6. The number of phenolic OH excluding ortho intramolecular Hbond substituents is 1. The van der Waals surface area contributed by atoms with Gasteiger partial charge in [0.25, 0.3) is 0 Å². The van der Waals surface area contributed by atoms with Crippen molar-refractivity contribution in [2.45, 2.75) is 105 Å². The molecule has 61 heavy (non-hydrogen) atoms. The van der Waals surface area contributed by atoms with Gasteiger partial charge in [-0.3, -0.25) is 9.55 Å². The molecule has 6 aromatic carbocycles. The average Bonchev–Trinajstić information content (AvgIpc) is 3.62. The molecule has 0 saturated heterocycles. The number of aromatic nitrogens is 3. The number of nitrogens with zero attached hydrogens (tertiary/aromatic N) is 3. The van der Waals surface area contributed by atoms with Gasteiger partial charge in [-0.1, -0.05) is 167 Å². The number of pyridine rings is 1. The van der Waals surface area contributed by atoms with Crippen LogP contribution in [-0.2, 0) is 42.7 Å². The first-order chi connectivity index (χ1) is 30.3. The van der Waals surface area contributed by atoms with Gasteiger partial charge in [0.15, 0.2) is 0 Å². The quantitative estimate of drug-likeness (QED) is 0.175. The van der Waals surface area contributed by atoms with Gasteiger partial charge in [-0.25, -0.2) is 4.98 Å². The molecule has 8 aromatic rings. The molecule has 0 unspecified atom stereocenters. The molecule has 0 radical (unpaired) electrons. The molecule has 2 aromatic heterocycles. The molecule has 0 atom stereocenters. The second-order valence-corrected chi connectivity index (χ2v) is 20.2. The summed E-state index contributed by atoms with van der Waals surface area (Å²) in [6, 6.07) is 32.5. The first-order valence-corrected chi connectivity index (χ1v) is 20.8. The third kappa shape index (κ3) is 8.37. The van der Waals surface area contributed by atoms with Gasteiger partial charge in [0.05, 0.1) is 29.1 Å². The van der Waals surface area contributed by atoms with E-state index in [-0.39, 0.29) is 60.7 Å². The van der Waals surface area contributed by atoms with E-state index in [0.29, 0.717) is 33.7 Å². The Morgan fingerprint density at radius 2 is 1.18 bits per heavy atom. The van der Waals surface area contributed by atoms with E-state index in [4.69, 9.17) is 14.1 Å². The molecule has 2 heterocycles. The zero-order chi connectivity index (χ0) is 47.3. The van der Waals surface area contributed by atoms with Crippen molar-refractivity contribution >= 4 is 21.9 Å². The average molecular weight is 989 g/mol. The van der Waals surface area contributed by atoms with Gasteiger partial charge in [0.1, 0.15) is 11.6 Å². The molecule has 314 valence electrons. The standard InChI is InChI=1S/C56H58N3O.Pt/c1-53(2,3)39-26-27-47(43(31-39)35-19-14-13-15-20-35)59-48-25-17-24-42(50(48)58-52(59)45-33-41(55(7,8)9)34-46(51(45)60)56(10,11)12)36-21-16-22-37(29-36)44-32-40(54(4,5)6)30-38-23-18-28-57-49(38)44;/h13-28,30-34,60H,1-12H3;/q-1;/i13D,14D,15D,19D,20D;. The van der Waals surface area contributed by atoms with Crippen molar-refractivity contribution in [3.05, 3.63) is 156 Å². The van der Waals surface area contributed by atoms with Crippen molar-refractivity contribution in [1.29, 1.82) is 0 Å². The summed E-state index contributed by atoms with van der Waals surface area (Å²) in [4.78, 5) is 10.3. The van der Waals surface area contributed by atoms with Crippen molar-refractivity contribution in [3.8, 4) is 56.2 Å². The zero-order valence-corrected chi connectivity index (χ0v) is 39.6. The summed E-state index contributed by atoms with van der Waals surface area (Å²) in [5.74, 6) is 0.550. The summed E-state index contributed by atoms with van der Waals surface area (Å²) < 4.78 is 46.3. The molecular weight excluding hydrogens is 926 g/mol. The van der Waals surface area contributed by atoms with Crippen molar-refractivity contribution in [1.82, 2.24) is 14.5 Å². The molecule has 0 aliphatic carbocycles. The Hall–Kier alpha value is -5.31. The van der Waals surface area contributed by atoms with E-state index in [2.05, 4.69) is 119 Å². The summed E-state index contributed by atoms with van der Waals surface area (Å²) in [6.07, 6.45) is 1.82. The summed E-state index contributed by atoms with van der Waals surface area (Å²) >= 11 is 0. The minimum absolute atomic E-state index is 0. The van der Waals surface area contributed by atoms with Crippen LogP contribution in [0.5, 0.6) is 5.75 Å². The molecule has 4 nitrogen and oxygen atoms in total. The third-order valence-electron chi connectivity index (χ3n) is 11.5. The minimum atomic E-state index is -0.457. The molecule has 0 spiro atoms. The first kappa shape index (κ1) is 37.5. The van der Waals surface area contributed by atoms with Crippen LogP contribution in [0.1, 0.15) is 112 Å². The van der Waals surface area contributed by atoms with E-state index in [9.17, 15) is 7.85 Å². The Morgan fingerprint density at radius 1 is 0.574 bits per heavy atom. The smallest absolute Gasteiger partial charge is 0.148 e. The molecule has 0 amide bonds. The summed E-state index contributed by atoms with van der Waals surface area (Å²) in [5, 5.41) is 13.6. The predicted molar refractivity (Wildman–Crippen MR) is 253 cm³/mol. The second kappa shape index (κ2) is 15.9. The van der Waals surface area contributed by atoms with Gasteiger partial charge in [-0.15, -0.1) is 35.4 Å². The SMILES string of the molecule is [2H]c1c([2H])c([2H])c(-c2cc(C(C)(C)C)ccc2-n2c(-c3cc(C(C)(C)C)cc(C(C)(C)C)c3O)nc3c(-c4[c-]c(-c5cc(C(C)(C)C)cc6cccnc56)ccc4)cccc32)c([2H])c1[2H].[Pt].